The molecule has 0 N–H and O–H groups in total. The molecule has 0 radical (unpaired) electrons. The highest BCUT2D eigenvalue weighted by Crippen LogP contribution is 2.17. The second-order valence-corrected chi connectivity index (χ2v) is 3.92. The van der Waals surface area contributed by atoms with Crippen LogP contribution in [0.15, 0.2) is 12.4 Å². The van der Waals surface area contributed by atoms with Gasteiger partial charge in [-0.2, -0.15) is 5.10 Å². The van der Waals surface area contributed by atoms with Gasteiger partial charge in [-0.15, -0.1) is 0 Å². The molecule has 4 heteroatoms. The molecule has 0 aliphatic carbocycles. The minimum absolute atomic E-state index is 0.0327. The van der Waals surface area contributed by atoms with Crippen LogP contribution in [0.1, 0.15) is 30.2 Å². The molecule has 1 saturated heterocycles. The molecule has 0 bridgehead atoms. The van der Waals surface area contributed by atoms with Gasteiger partial charge in [0.1, 0.15) is 0 Å². The van der Waals surface area contributed by atoms with Crippen LogP contribution < -0.4 is 0 Å². The Bertz CT molecular complexity index is 340. The van der Waals surface area contributed by atoms with Gasteiger partial charge in [0.25, 0.3) is 0 Å². The van der Waals surface area contributed by atoms with Crippen LogP contribution in [0.5, 0.6) is 0 Å². The molecule has 0 amide bonds. The molecular weight excluding hydrogens is 180 g/mol. The predicted octanol–water partition coefficient (Wildman–Crippen LogP) is 1.29. The van der Waals surface area contributed by atoms with Gasteiger partial charge in [0, 0.05) is 12.1 Å². The van der Waals surface area contributed by atoms with Gasteiger partial charge in [0.15, 0.2) is 5.78 Å². The minimum atomic E-state index is 0.0327. The van der Waals surface area contributed by atoms with Crippen molar-refractivity contribution < 1.29 is 9.53 Å². The van der Waals surface area contributed by atoms with Crippen LogP contribution in [0.4, 0.5) is 0 Å². The minimum Gasteiger partial charge on any atom is -0.377 e. The van der Waals surface area contributed by atoms with E-state index in [0.29, 0.717) is 24.8 Å². The predicted molar refractivity (Wildman–Crippen MR) is 51.3 cm³/mol. The summed E-state index contributed by atoms with van der Waals surface area (Å²) >= 11 is 0. The van der Waals surface area contributed by atoms with Crippen LogP contribution >= 0.6 is 0 Å². The van der Waals surface area contributed by atoms with Crippen molar-refractivity contribution >= 4 is 5.78 Å². The van der Waals surface area contributed by atoms with E-state index in [-0.39, 0.29) is 11.7 Å². The van der Waals surface area contributed by atoms with Gasteiger partial charge in [-0.1, -0.05) is 13.8 Å². The fourth-order valence-corrected chi connectivity index (χ4v) is 1.37. The largest absolute Gasteiger partial charge is 0.377 e. The number of ketones is 1. The van der Waals surface area contributed by atoms with E-state index in [0.717, 1.165) is 0 Å². The Morgan fingerprint density at radius 2 is 2.36 bits per heavy atom. The molecule has 1 aromatic rings. The highest BCUT2D eigenvalue weighted by molar-refractivity contribution is 5.96. The zero-order valence-electron chi connectivity index (χ0n) is 8.43. The second-order valence-electron chi connectivity index (χ2n) is 3.92. The first-order chi connectivity index (χ1) is 6.68. The maximum absolute atomic E-state index is 11.6. The lowest BCUT2D eigenvalue weighted by atomic mass is 10.0. The van der Waals surface area contributed by atoms with Gasteiger partial charge in [-0.3, -0.25) is 9.48 Å². The third-order valence-corrected chi connectivity index (χ3v) is 2.40. The number of nitrogens with zero attached hydrogens (tertiary/aromatic N) is 2. The second kappa shape index (κ2) is 3.53. The Balaban J connectivity index is 2.12. The number of hydrogen-bond donors (Lipinski definition) is 0. The smallest absolute Gasteiger partial charge is 0.168 e. The number of ether oxygens (including phenoxy) is 1. The Labute approximate surface area is 82.9 Å². The van der Waals surface area contributed by atoms with Crippen LogP contribution in [-0.2, 0) is 4.74 Å². The third-order valence-electron chi connectivity index (χ3n) is 2.40. The quantitative estimate of drug-likeness (QED) is 0.681. The van der Waals surface area contributed by atoms with E-state index < -0.39 is 0 Å². The zero-order valence-corrected chi connectivity index (χ0v) is 8.43. The van der Waals surface area contributed by atoms with Crippen LogP contribution in [0.2, 0.25) is 0 Å². The van der Waals surface area contributed by atoms with Gasteiger partial charge in [0.05, 0.1) is 31.0 Å². The standard InChI is InChI=1S/C10H14N2O2/c1-7(2)10(13)8-3-11-12(4-8)9-5-14-6-9/h3-4,7,9H,5-6H2,1-2H3. The van der Waals surface area contributed by atoms with E-state index in [1.165, 1.54) is 0 Å². The molecule has 0 aromatic carbocycles. The summed E-state index contributed by atoms with van der Waals surface area (Å²) in [6.07, 6.45) is 3.45. The van der Waals surface area contributed by atoms with E-state index in [2.05, 4.69) is 5.10 Å². The number of carbonyl (C=O) groups is 1. The van der Waals surface area contributed by atoms with Crippen molar-refractivity contribution in [3.8, 4) is 0 Å². The molecule has 1 fully saturated rings. The molecule has 2 heterocycles. The lowest BCUT2D eigenvalue weighted by Crippen LogP contribution is -2.30. The average molecular weight is 194 g/mol. The zero-order chi connectivity index (χ0) is 10.1. The number of aromatic nitrogens is 2. The molecule has 1 aliphatic rings. The molecule has 0 spiro atoms. The van der Waals surface area contributed by atoms with Gasteiger partial charge in [-0.05, 0) is 0 Å². The first-order valence-electron chi connectivity index (χ1n) is 4.84. The van der Waals surface area contributed by atoms with E-state index in [4.69, 9.17) is 4.74 Å². The number of hydrogen-bond acceptors (Lipinski definition) is 3. The number of rotatable bonds is 3. The molecule has 0 atom stereocenters. The highest BCUT2D eigenvalue weighted by atomic mass is 16.5. The molecule has 0 unspecified atom stereocenters. The van der Waals surface area contributed by atoms with Gasteiger partial charge >= 0.3 is 0 Å². The van der Waals surface area contributed by atoms with Crippen molar-refractivity contribution in [2.24, 2.45) is 5.92 Å². The van der Waals surface area contributed by atoms with Crippen LogP contribution in [0, 0.1) is 5.92 Å². The number of Topliss-reactive ketones (excluding diaryl/α,β-unsaturated/α-hetero) is 1. The molecule has 4 nitrogen and oxygen atoms in total. The molecular formula is C10H14N2O2. The van der Waals surface area contributed by atoms with Gasteiger partial charge < -0.3 is 4.74 Å². The lowest BCUT2D eigenvalue weighted by molar-refractivity contribution is -0.0286. The average Bonchev–Trinajstić information content (AvgIpc) is 2.48. The molecule has 2 rings (SSSR count). The van der Waals surface area contributed by atoms with Crippen molar-refractivity contribution in [2.75, 3.05) is 13.2 Å². The molecule has 1 aliphatic heterocycles. The van der Waals surface area contributed by atoms with Crippen LogP contribution in [-0.4, -0.2) is 28.8 Å². The first kappa shape index (κ1) is 9.40. The summed E-state index contributed by atoms with van der Waals surface area (Å²) < 4.78 is 6.88. The summed E-state index contributed by atoms with van der Waals surface area (Å²) in [5.41, 5.74) is 0.701. The van der Waals surface area contributed by atoms with Crippen molar-refractivity contribution in [1.82, 2.24) is 9.78 Å². The van der Waals surface area contributed by atoms with E-state index in [9.17, 15) is 4.79 Å². The third kappa shape index (κ3) is 1.57. The summed E-state index contributed by atoms with van der Waals surface area (Å²) in [4.78, 5) is 11.6. The molecule has 0 saturated carbocycles. The van der Waals surface area contributed by atoms with Crippen LogP contribution in [0.3, 0.4) is 0 Å². The fraction of sp³-hybridized carbons (Fsp3) is 0.600. The Kier molecular flexibility index (Phi) is 2.37. The van der Waals surface area contributed by atoms with Crippen LogP contribution in [0.25, 0.3) is 0 Å². The highest BCUT2D eigenvalue weighted by Gasteiger charge is 2.22. The molecule has 1 aromatic heterocycles. The summed E-state index contributed by atoms with van der Waals surface area (Å²) in [6, 6.07) is 0.323. The van der Waals surface area contributed by atoms with Crippen molar-refractivity contribution in [3.63, 3.8) is 0 Å². The number of carbonyl (C=O) groups excluding carboxylic acids is 1. The van der Waals surface area contributed by atoms with Gasteiger partial charge in [0.2, 0.25) is 0 Å². The summed E-state index contributed by atoms with van der Waals surface area (Å²) in [5.74, 6) is 0.182. The Morgan fingerprint density at radius 1 is 1.64 bits per heavy atom. The summed E-state index contributed by atoms with van der Waals surface area (Å²) in [5, 5.41) is 4.16. The Hall–Kier alpha value is -1.16. The normalized spacial score (nSPS) is 17.1. The Morgan fingerprint density at radius 3 is 2.86 bits per heavy atom. The van der Waals surface area contributed by atoms with Crippen molar-refractivity contribution in [1.29, 1.82) is 0 Å². The molecule has 76 valence electrons. The topological polar surface area (TPSA) is 44.1 Å². The maximum atomic E-state index is 11.6. The monoisotopic (exact) mass is 194 g/mol. The van der Waals surface area contributed by atoms with Crippen molar-refractivity contribution in [2.45, 2.75) is 19.9 Å². The lowest BCUT2D eigenvalue weighted by Gasteiger charge is -2.25. The first-order valence-corrected chi connectivity index (χ1v) is 4.84. The molecule has 14 heavy (non-hydrogen) atoms. The maximum Gasteiger partial charge on any atom is 0.168 e. The van der Waals surface area contributed by atoms with Gasteiger partial charge in [-0.25, -0.2) is 0 Å². The fourth-order valence-electron chi connectivity index (χ4n) is 1.37. The summed E-state index contributed by atoms with van der Waals surface area (Å²) in [7, 11) is 0. The SMILES string of the molecule is CC(C)C(=O)c1cnn(C2COC2)c1. The van der Waals surface area contributed by atoms with E-state index >= 15 is 0 Å². The van der Waals surface area contributed by atoms with Crippen molar-refractivity contribution in [3.05, 3.63) is 18.0 Å². The summed E-state index contributed by atoms with van der Waals surface area (Å²) in [6.45, 7) is 5.20. The van der Waals surface area contributed by atoms with E-state index in [1.807, 2.05) is 24.7 Å². The van der Waals surface area contributed by atoms with E-state index in [1.54, 1.807) is 6.20 Å².